The fraction of sp³-hybridized carbons (Fsp3) is 0.500. The van der Waals surface area contributed by atoms with Crippen molar-refractivity contribution in [2.75, 3.05) is 5.43 Å². The van der Waals surface area contributed by atoms with E-state index in [1.54, 1.807) is 16.7 Å². The van der Waals surface area contributed by atoms with E-state index in [1.165, 1.54) is 12.8 Å². The van der Waals surface area contributed by atoms with E-state index in [-0.39, 0.29) is 17.4 Å². The van der Waals surface area contributed by atoms with E-state index in [0.29, 0.717) is 29.3 Å². The number of fused-ring (bicyclic) bond motifs is 3. The van der Waals surface area contributed by atoms with Gasteiger partial charge < -0.3 is 0 Å². The highest BCUT2D eigenvalue weighted by Crippen LogP contribution is 2.48. The maximum absolute atomic E-state index is 12.6. The van der Waals surface area contributed by atoms with E-state index >= 15 is 0 Å². The first-order valence-corrected chi connectivity index (χ1v) is 8.72. The van der Waals surface area contributed by atoms with E-state index in [1.807, 2.05) is 19.1 Å². The van der Waals surface area contributed by atoms with Crippen molar-refractivity contribution in [3.63, 3.8) is 0 Å². The smallest absolute Gasteiger partial charge is 0.262 e. The van der Waals surface area contributed by atoms with Crippen LogP contribution in [0, 0.1) is 17.8 Å². The normalized spacial score (nSPS) is 25.1. The van der Waals surface area contributed by atoms with Crippen LogP contribution in [0.1, 0.15) is 32.6 Å². The quantitative estimate of drug-likeness (QED) is 0.845. The lowest BCUT2D eigenvalue weighted by molar-refractivity contribution is -0.126. The van der Waals surface area contributed by atoms with Gasteiger partial charge in [0.2, 0.25) is 11.9 Å². The SMILES string of the molecule is CCn1c(NNC(=O)C2CC3CCC2C3)nc2ccccc2c1=O. The lowest BCUT2D eigenvalue weighted by atomic mass is 9.88. The van der Waals surface area contributed by atoms with E-state index in [4.69, 9.17) is 0 Å². The Bertz CT molecular complexity index is 845. The molecule has 0 radical (unpaired) electrons. The molecule has 2 aromatic rings. The minimum absolute atomic E-state index is 0.0206. The molecule has 1 heterocycles. The van der Waals surface area contributed by atoms with Crippen LogP contribution in [0.25, 0.3) is 10.9 Å². The van der Waals surface area contributed by atoms with E-state index in [2.05, 4.69) is 15.8 Å². The molecule has 2 aliphatic rings. The maximum atomic E-state index is 12.6. The molecular formula is C18H22N4O2. The van der Waals surface area contributed by atoms with Crippen molar-refractivity contribution in [2.24, 2.45) is 17.8 Å². The van der Waals surface area contributed by atoms with Gasteiger partial charge in [0.05, 0.1) is 10.9 Å². The number of nitrogens with one attached hydrogen (secondary N) is 2. The van der Waals surface area contributed by atoms with Crippen molar-refractivity contribution in [1.82, 2.24) is 15.0 Å². The summed E-state index contributed by atoms with van der Waals surface area (Å²) in [6, 6.07) is 7.26. The molecule has 2 aliphatic carbocycles. The van der Waals surface area contributed by atoms with Gasteiger partial charge in [0.15, 0.2) is 0 Å². The lowest BCUT2D eigenvalue weighted by Crippen LogP contribution is -2.39. The van der Waals surface area contributed by atoms with Crippen LogP contribution in [-0.2, 0) is 11.3 Å². The highest BCUT2D eigenvalue weighted by Gasteiger charge is 2.43. The summed E-state index contributed by atoms with van der Waals surface area (Å²) >= 11 is 0. The summed E-state index contributed by atoms with van der Waals surface area (Å²) in [4.78, 5) is 29.5. The van der Waals surface area contributed by atoms with Gasteiger partial charge in [0.25, 0.3) is 5.56 Å². The molecule has 2 fully saturated rings. The second-order valence-corrected chi connectivity index (χ2v) is 6.90. The minimum atomic E-state index is -0.0974. The van der Waals surface area contributed by atoms with Gasteiger partial charge in [0, 0.05) is 12.5 Å². The highest BCUT2D eigenvalue weighted by molar-refractivity contribution is 5.81. The first kappa shape index (κ1) is 15.2. The van der Waals surface area contributed by atoms with Crippen LogP contribution < -0.4 is 16.4 Å². The Morgan fingerprint density at radius 3 is 2.83 bits per heavy atom. The van der Waals surface area contributed by atoms with Crippen LogP contribution in [0.4, 0.5) is 5.95 Å². The molecule has 1 amide bonds. The third-order valence-electron chi connectivity index (χ3n) is 5.55. The van der Waals surface area contributed by atoms with Gasteiger partial charge in [-0.1, -0.05) is 18.6 Å². The number of hydrogen-bond donors (Lipinski definition) is 2. The van der Waals surface area contributed by atoms with Gasteiger partial charge in [-0.2, -0.15) is 0 Å². The summed E-state index contributed by atoms with van der Waals surface area (Å²) < 4.78 is 1.55. The number of benzene rings is 1. The molecule has 1 aromatic carbocycles. The second kappa shape index (κ2) is 5.92. The highest BCUT2D eigenvalue weighted by atomic mass is 16.2. The van der Waals surface area contributed by atoms with E-state index < -0.39 is 0 Å². The number of hydrazine groups is 1. The molecule has 4 rings (SSSR count). The Morgan fingerprint density at radius 2 is 2.12 bits per heavy atom. The average Bonchev–Trinajstić information content (AvgIpc) is 3.23. The van der Waals surface area contributed by atoms with Gasteiger partial charge in [0.1, 0.15) is 0 Å². The first-order chi connectivity index (χ1) is 11.7. The summed E-state index contributed by atoms with van der Waals surface area (Å²) in [6.45, 7) is 2.38. The van der Waals surface area contributed by atoms with Gasteiger partial charge in [-0.25, -0.2) is 4.98 Å². The summed E-state index contributed by atoms with van der Waals surface area (Å²) in [6.07, 6.45) is 4.61. The number of rotatable bonds is 4. The molecule has 2 N–H and O–H groups in total. The van der Waals surface area contributed by atoms with Crippen LogP contribution in [0.15, 0.2) is 29.1 Å². The molecular weight excluding hydrogens is 304 g/mol. The van der Waals surface area contributed by atoms with Crippen LogP contribution in [0.5, 0.6) is 0 Å². The van der Waals surface area contributed by atoms with Crippen molar-refractivity contribution < 1.29 is 4.79 Å². The maximum Gasteiger partial charge on any atom is 0.262 e. The minimum Gasteiger partial charge on any atom is -0.277 e. The van der Waals surface area contributed by atoms with Crippen molar-refractivity contribution in [3.8, 4) is 0 Å². The fourth-order valence-electron chi connectivity index (χ4n) is 4.33. The number of amides is 1. The Labute approximate surface area is 140 Å². The number of nitrogens with zero attached hydrogens (tertiary/aromatic N) is 2. The molecule has 2 saturated carbocycles. The van der Waals surface area contributed by atoms with Gasteiger partial charge >= 0.3 is 0 Å². The van der Waals surface area contributed by atoms with Gasteiger partial charge in [-0.15, -0.1) is 0 Å². The zero-order valence-electron chi connectivity index (χ0n) is 13.8. The Balaban J connectivity index is 1.56. The van der Waals surface area contributed by atoms with Crippen LogP contribution in [0.3, 0.4) is 0 Å². The van der Waals surface area contributed by atoms with Crippen molar-refractivity contribution in [3.05, 3.63) is 34.6 Å². The molecule has 0 aliphatic heterocycles. The van der Waals surface area contributed by atoms with E-state index in [0.717, 1.165) is 18.8 Å². The summed E-state index contributed by atoms with van der Waals surface area (Å²) in [5.74, 6) is 1.75. The lowest BCUT2D eigenvalue weighted by Gasteiger charge is -2.21. The number of carbonyl (C=O) groups excluding carboxylic acids is 1. The molecule has 24 heavy (non-hydrogen) atoms. The zero-order chi connectivity index (χ0) is 16.7. The molecule has 1 aromatic heterocycles. The first-order valence-electron chi connectivity index (χ1n) is 8.72. The third-order valence-corrected chi connectivity index (χ3v) is 5.55. The standard InChI is InChI=1S/C18H22N4O2/c1-2-22-17(24)13-5-3-4-6-15(13)19-18(22)21-20-16(23)14-10-11-7-8-12(14)9-11/h3-6,11-12,14H,2,7-10H2,1H3,(H,19,21)(H,20,23). The largest absolute Gasteiger partial charge is 0.277 e. The number of anilines is 1. The monoisotopic (exact) mass is 326 g/mol. The summed E-state index contributed by atoms with van der Waals surface area (Å²) in [7, 11) is 0. The molecule has 0 saturated heterocycles. The van der Waals surface area contributed by atoms with Gasteiger partial charge in [-0.3, -0.25) is 25.0 Å². The predicted molar refractivity (Wildman–Crippen MR) is 92.4 cm³/mol. The number of hydrogen-bond acceptors (Lipinski definition) is 4. The topological polar surface area (TPSA) is 76.0 Å². The molecule has 6 heteroatoms. The molecule has 3 unspecified atom stereocenters. The molecule has 6 nitrogen and oxygen atoms in total. The average molecular weight is 326 g/mol. The van der Waals surface area contributed by atoms with E-state index in [9.17, 15) is 9.59 Å². The number of para-hydroxylation sites is 1. The molecule has 3 atom stereocenters. The van der Waals surface area contributed by atoms with Crippen molar-refractivity contribution in [2.45, 2.75) is 39.2 Å². The number of carbonyl (C=O) groups is 1. The molecule has 2 bridgehead atoms. The Morgan fingerprint density at radius 1 is 1.29 bits per heavy atom. The third kappa shape index (κ3) is 2.46. The molecule has 126 valence electrons. The van der Waals surface area contributed by atoms with Gasteiger partial charge in [-0.05, 0) is 50.2 Å². The van der Waals surface area contributed by atoms with Crippen molar-refractivity contribution in [1.29, 1.82) is 0 Å². The second-order valence-electron chi connectivity index (χ2n) is 6.90. The van der Waals surface area contributed by atoms with Crippen LogP contribution in [-0.4, -0.2) is 15.5 Å². The predicted octanol–water partition coefficient (Wildman–Crippen LogP) is 2.30. The Kier molecular flexibility index (Phi) is 3.75. The zero-order valence-corrected chi connectivity index (χ0v) is 13.8. The van der Waals surface area contributed by atoms with Crippen molar-refractivity contribution >= 4 is 22.8 Å². The van der Waals surface area contributed by atoms with Crippen LogP contribution in [0.2, 0.25) is 0 Å². The fourth-order valence-corrected chi connectivity index (χ4v) is 4.33. The van der Waals surface area contributed by atoms with Crippen LogP contribution >= 0.6 is 0 Å². The number of aromatic nitrogens is 2. The summed E-state index contributed by atoms with van der Waals surface area (Å²) in [5, 5.41) is 0.587. The Hall–Kier alpha value is -2.37. The molecule has 0 spiro atoms. The summed E-state index contributed by atoms with van der Waals surface area (Å²) in [5.41, 5.74) is 6.20.